The van der Waals surface area contributed by atoms with Crippen molar-refractivity contribution in [1.82, 2.24) is 0 Å². The van der Waals surface area contributed by atoms with Crippen LogP contribution in [0.1, 0.15) is 64.2 Å². The molecule has 2 aromatic rings. The normalized spacial score (nSPS) is 18.9. The van der Waals surface area contributed by atoms with Gasteiger partial charge in [-0.15, -0.1) is 0 Å². The fourth-order valence-corrected chi connectivity index (χ4v) is 4.95. The van der Waals surface area contributed by atoms with Crippen LogP contribution in [0.3, 0.4) is 0 Å². The van der Waals surface area contributed by atoms with Gasteiger partial charge < -0.3 is 9.42 Å². The highest BCUT2D eigenvalue weighted by molar-refractivity contribution is 7.25. The van der Waals surface area contributed by atoms with Gasteiger partial charge in [0, 0.05) is 5.56 Å². The first-order chi connectivity index (χ1) is 13.4. The maximum absolute atomic E-state index is 8.80. The molecule has 2 saturated carbocycles. The van der Waals surface area contributed by atoms with Crippen LogP contribution in [0.5, 0.6) is 5.75 Å². The van der Waals surface area contributed by atoms with Gasteiger partial charge in [-0.1, -0.05) is 113 Å². The molecule has 2 aromatic carbocycles. The Bertz CT molecular complexity index is 630. The summed E-state index contributed by atoms with van der Waals surface area (Å²) in [4.78, 5) is 8.80. The van der Waals surface area contributed by atoms with Gasteiger partial charge in [0.25, 0.3) is 0 Å². The van der Waals surface area contributed by atoms with Crippen LogP contribution >= 0.6 is 9.03 Å². The van der Waals surface area contributed by atoms with Gasteiger partial charge in [0.2, 0.25) is 9.03 Å². The second-order valence-electron chi connectivity index (χ2n) is 7.85. The van der Waals surface area contributed by atoms with Gasteiger partial charge in [-0.05, 0) is 23.5 Å². The molecule has 2 fully saturated rings. The van der Waals surface area contributed by atoms with Crippen molar-refractivity contribution in [2.75, 3.05) is 0 Å². The smallest absolute Gasteiger partial charge is 0.212 e. The lowest BCUT2D eigenvalue weighted by molar-refractivity contribution is 0.196. The van der Waals surface area contributed by atoms with Crippen molar-refractivity contribution < 1.29 is 9.42 Å². The predicted molar refractivity (Wildman–Crippen MR) is 116 cm³/mol. The van der Waals surface area contributed by atoms with E-state index in [1.165, 1.54) is 38.5 Å². The van der Waals surface area contributed by atoms with E-state index in [0.717, 1.165) is 23.0 Å². The van der Waals surface area contributed by atoms with E-state index in [-0.39, 0.29) is 0 Å². The van der Waals surface area contributed by atoms with Crippen LogP contribution in [-0.4, -0.2) is 4.89 Å². The first-order valence-electron chi connectivity index (χ1n) is 10.6. The molecule has 0 spiro atoms. The molecule has 2 nitrogen and oxygen atoms in total. The summed E-state index contributed by atoms with van der Waals surface area (Å²) in [5.41, 5.74) is 2.09. The standard InChI is InChI=1S/C12H11O2P.C12H22/c13-15-14-12-9-5-4-8-11(12)10-6-2-1-3-7-10;1-3-7-11(8-4-1)12-9-5-2-6-10-12/h1-9,13,15H;11-12H,1-10H2. The van der Waals surface area contributed by atoms with Crippen LogP contribution in [0, 0.1) is 11.8 Å². The molecular formula is C24H33O2P. The molecule has 0 saturated heterocycles. The van der Waals surface area contributed by atoms with Gasteiger partial charge >= 0.3 is 0 Å². The van der Waals surface area contributed by atoms with Crippen LogP contribution < -0.4 is 4.52 Å². The Kier molecular flexibility index (Phi) is 8.65. The van der Waals surface area contributed by atoms with E-state index in [4.69, 9.17) is 9.42 Å². The third-order valence-electron chi connectivity index (χ3n) is 6.09. The highest BCUT2D eigenvalue weighted by Gasteiger charge is 2.24. The van der Waals surface area contributed by atoms with Crippen molar-refractivity contribution in [2.24, 2.45) is 11.8 Å². The van der Waals surface area contributed by atoms with E-state index in [9.17, 15) is 0 Å². The zero-order valence-corrected chi connectivity index (χ0v) is 17.3. The van der Waals surface area contributed by atoms with Crippen molar-refractivity contribution in [3.05, 3.63) is 54.6 Å². The zero-order valence-electron chi connectivity index (χ0n) is 16.3. The Morgan fingerprint density at radius 1 is 0.667 bits per heavy atom. The number of para-hydroxylation sites is 1. The molecule has 2 aliphatic carbocycles. The highest BCUT2D eigenvalue weighted by Crippen LogP contribution is 2.38. The first-order valence-corrected chi connectivity index (χ1v) is 11.4. The van der Waals surface area contributed by atoms with Crippen LogP contribution in [0.25, 0.3) is 11.1 Å². The second kappa shape index (κ2) is 11.5. The summed E-state index contributed by atoms with van der Waals surface area (Å²) < 4.78 is 5.17. The fraction of sp³-hybridized carbons (Fsp3) is 0.500. The molecule has 2 aliphatic rings. The molecule has 1 N–H and O–H groups in total. The summed E-state index contributed by atoms with van der Waals surface area (Å²) in [6.45, 7) is 0. The molecule has 0 amide bonds. The molecule has 1 atom stereocenters. The van der Waals surface area contributed by atoms with Crippen LogP contribution in [0.2, 0.25) is 0 Å². The lowest BCUT2D eigenvalue weighted by Gasteiger charge is -2.32. The average Bonchev–Trinajstić information content (AvgIpc) is 2.77. The van der Waals surface area contributed by atoms with Crippen LogP contribution in [-0.2, 0) is 0 Å². The predicted octanol–water partition coefficient (Wildman–Crippen LogP) is 7.38. The molecule has 0 radical (unpaired) electrons. The molecule has 0 aliphatic heterocycles. The quantitative estimate of drug-likeness (QED) is 0.557. The first kappa shape index (κ1) is 20.4. The van der Waals surface area contributed by atoms with E-state index in [1.54, 1.807) is 25.7 Å². The molecule has 0 bridgehead atoms. The monoisotopic (exact) mass is 384 g/mol. The molecule has 1 unspecified atom stereocenters. The number of hydrogen-bond acceptors (Lipinski definition) is 2. The lowest BCUT2D eigenvalue weighted by atomic mass is 9.73. The Balaban J connectivity index is 0.000000159. The van der Waals surface area contributed by atoms with Crippen LogP contribution in [0.4, 0.5) is 0 Å². The van der Waals surface area contributed by atoms with E-state index < -0.39 is 9.03 Å². The fourth-order valence-electron chi connectivity index (χ4n) is 4.67. The van der Waals surface area contributed by atoms with E-state index in [2.05, 4.69) is 0 Å². The minimum atomic E-state index is -0.524. The highest BCUT2D eigenvalue weighted by atomic mass is 31.1. The maximum Gasteiger partial charge on any atom is 0.212 e. The minimum absolute atomic E-state index is 0.524. The molecule has 0 heterocycles. The van der Waals surface area contributed by atoms with Crippen molar-refractivity contribution in [2.45, 2.75) is 64.2 Å². The largest absolute Gasteiger partial charge is 0.449 e. The number of benzene rings is 2. The van der Waals surface area contributed by atoms with E-state index >= 15 is 0 Å². The average molecular weight is 385 g/mol. The van der Waals surface area contributed by atoms with Crippen molar-refractivity contribution in [3.8, 4) is 16.9 Å². The van der Waals surface area contributed by atoms with Crippen molar-refractivity contribution in [3.63, 3.8) is 0 Å². The SMILES string of the molecule is C1CCC(C2CCCCC2)CC1.OPOc1ccccc1-c1ccccc1. The third-order valence-corrected chi connectivity index (χ3v) is 6.40. The molecule has 4 rings (SSSR count). The summed E-state index contributed by atoms with van der Waals surface area (Å²) in [7, 11) is -0.524. The Morgan fingerprint density at radius 3 is 1.74 bits per heavy atom. The summed E-state index contributed by atoms with van der Waals surface area (Å²) in [6.07, 6.45) is 15.4. The second-order valence-corrected chi connectivity index (χ2v) is 8.24. The minimum Gasteiger partial charge on any atom is -0.449 e. The summed E-state index contributed by atoms with van der Waals surface area (Å²) in [5, 5.41) is 0. The lowest BCUT2D eigenvalue weighted by Crippen LogP contribution is -2.20. The van der Waals surface area contributed by atoms with E-state index in [0.29, 0.717) is 5.75 Å². The number of rotatable bonds is 4. The molecular weight excluding hydrogens is 351 g/mol. The summed E-state index contributed by atoms with van der Waals surface area (Å²) >= 11 is 0. The van der Waals surface area contributed by atoms with Gasteiger partial charge in [-0.3, -0.25) is 0 Å². The topological polar surface area (TPSA) is 29.5 Å². The van der Waals surface area contributed by atoms with Gasteiger partial charge in [0.05, 0.1) is 0 Å². The van der Waals surface area contributed by atoms with Crippen molar-refractivity contribution >= 4 is 9.03 Å². The van der Waals surface area contributed by atoms with E-state index in [1.807, 2.05) is 54.6 Å². The summed E-state index contributed by atoms with van der Waals surface area (Å²) in [6, 6.07) is 17.6. The Labute approximate surface area is 166 Å². The van der Waals surface area contributed by atoms with Gasteiger partial charge in [0.1, 0.15) is 5.75 Å². The maximum atomic E-state index is 8.80. The molecule has 146 valence electrons. The Morgan fingerprint density at radius 2 is 1.19 bits per heavy atom. The molecule has 27 heavy (non-hydrogen) atoms. The van der Waals surface area contributed by atoms with Gasteiger partial charge in [-0.2, -0.15) is 0 Å². The zero-order chi connectivity index (χ0) is 18.7. The van der Waals surface area contributed by atoms with Gasteiger partial charge in [-0.25, -0.2) is 0 Å². The van der Waals surface area contributed by atoms with Crippen LogP contribution in [0.15, 0.2) is 54.6 Å². The number of hydrogen-bond donors (Lipinski definition) is 1. The molecule has 0 aromatic heterocycles. The van der Waals surface area contributed by atoms with Gasteiger partial charge in [0.15, 0.2) is 0 Å². The molecule has 3 heteroatoms. The van der Waals surface area contributed by atoms with Crippen molar-refractivity contribution in [1.29, 1.82) is 0 Å². The Hall–Kier alpha value is -1.37. The third kappa shape index (κ3) is 6.33. The summed E-state index contributed by atoms with van der Waals surface area (Å²) in [5.74, 6) is 2.99.